The Balaban J connectivity index is 2.06. The van der Waals surface area contributed by atoms with Gasteiger partial charge in [-0.25, -0.2) is 4.79 Å². The van der Waals surface area contributed by atoms with E-state index in [0.717, 1.165) is 30.4 Å². The van der Waals surface area contributed by atoms with Crippen LogP contribution in [-0.4, -0.2) is 29.1 Å². The molecule has 1 aliphatic heterocycles. The van der Waals surface area contributed by atoms with E-state index >= 15 is 0 Å². The average Bonchev–Trinajstić information content (AvgIpc) is 2.75. The van der Waals surface area contributed by atoms with Gasteiger partial charge in [0.1, 0.15) is 4.88 Å². The number of hydrogen-bond acceptors (Lipinski definition) is 3. The van der Waals surface area contributed by atoms with Crippen LogP contribution in [0.4, 0.5) is 0 Å². The standard InChI is InChI=1S/C12H17NO2S/c1-8-3-4-13(6-8)7-10-5-11(12(14)15)16-9(10)2/h5,8H,3-4,6-7H2,1-2H3,(H,14,15). The third kappa shape index (κ3) is 2.44. The van der Waals surface area contributed by atoms with Crippen LogP contribution < -0.4 is 0 Å². The highest BCUT2D eigenvalue weighted by Crippen LogP contribution is 2.25. The van der Waals surface area contributed by atoms with E-state index in [0.29, 0.717) is 4.88 Å². The second-order valence-electron chi connectivity index (χ2n) is 4.63. The van der Waals surface area contributed by atoms with Crippen molar-refractivity contribution in [1.82, 2.24) is 4.90 Å². The van der Waals surface area contributed by atoms with E-state index in [9.17, 15) is 4.79 Å². The van der Waals surface area contributed by atoms with Gasteiger partial charge in [0.15, 0.2) is 0 Å². The lowest BCUT2D eigenvalue weighted by molar-refractivity contribution is 0.0702. The van der Waals surface area contributed by atoms with Gasteiger partial charge < -0.3 is 5.11 Å². The van der Waals surface area contributed by atoms with E-state index in [2.05, 4.69) is 11.8 Å². The topological polar surface area (TPSA) is 40.5 Å². The van der Waals surface area contributed by atoms with Crippen LogP contribution in [0.1, 0.15) is 33.5 Å². The molecule has 0 spiro atoms. The van der Waals surface area contributed by atoms with Gasteiger partial charge in [0.05, 0.1) is 0 Å². The van der Waals surface area contributed by atoms with Crippen molar-refractivity contribution in [2.75, 3.05) is 13.1 Å². The normalized spacial score (nSPS) is 21.5. The molecular weight excluding hydrogens is 222 g/mol. The molecule has 0 amide bonds. The second kappa shape index (κ2) is 4.55. The molecule has 1 aromatic rings. The molecule has 1 fully saturated rings. The molecule has 1 aromatic heterocycles. The van der Waals surface area contributed by atoms with Gasteiger partial charge in [-0.3, -0.25) is 4.90 Å². The predicted octanol–water partition coefficient (Wildman–Crippen LogP) is 2.60. The van der Waals surface area contributed by atoms with Gasteiger partial charge in [-0.1, -0.05) is 6.92 Å². The van der Waals surface area contributed by atoms with Crippen molar-refractivity contribution in [2.24, 2.45) is 5.92 Å². The number of hydrogen-bond donors (Lipinski definition) is 1. The quantitative estimate of drug-likeness (QED) is 0.881. The Kier molecular flexibility index (Phi) is 3.30. The van der Waals surface area contributed by atoms with Crippen LogP contribution in [-0.2, 0) is 6.54 Å². The highest BCUT2D eigenvalue weighted by molar-refractivity contribution is 7.14. The molecule has 1 saturated heterocycles. The predicted molar refractivity (Wildman–Crippen MR) is 65.1 cm³/mol. The second-order valence-corrected chi connectivity index (χ2v) is 5.88. The van der Waals surface area contributed by atoms with Crippen LogP contribution in [0.15, 0.2) is 6.07 Å². The first kappa shape index (κ1) is 11.6. The summed E-state index contributed by atoms with van der Waals surface area (Å²) in [5, 5.41) is 8.92. The molecule has 0 saturated carbocycles. The molecule has 1 unspecified atom stereocenters. The van der Waals surface area contributed by atoms with Crippen LogP contribution in [0.5, 0.6) is 0 Å². The minimum Gasteiger partial charge on any atom is -0.477 e. The van der Waals surface area contributed by atoms with Crippen LogP contribution >= 0.6 is 11.3 Å². The molecule has 16 heavy (non-hydrogen) atoms. The lowest BCUT2D eigenvalue weighted by Gasteiger charge is -2.14. The Bertz CT molecular complexity index is 400. The van der Waals surface area contributed by atoms with Crippen molar-refractivity contribution in [3.63, 3.8) is 0 Å². The van der Waals surface area contributed by atoms with Crippen LogP contribution in [0.25, 0.3) is 0 Å². The number of likely N-dealkylation sites (tertiary alicyclic amines) is 1. The van der Waals surface area contributed by atoms with E-state index in [1.165, 1.54) is 23.3 Å². The van der Waals surface area contributed by atoms with Gasteiger partial charge in [0.2, 0.25) is 0 Å². The summed E-state index contributed by atoms with van der Waals surface area (Å²) in [6.45, 7) is 7.45. The zero-order valence-electron chi connectivity index (χ0n) is 9.69. The fourth-order valence-electron chi connectivity index (χ4n) is 2.19. The number of carboxylic acid groups (broad SMARTS) is 1. The van der Waals surface area contributed by atoms with Gasteiger partial charge in [0, 0.05) is 18.0 Å². The summed E-state index contributed by atoms with van der Waals surface area (Å²) in [6.07, 6.45) is 1.26. The van der Waals surface area contributed by atoms with E-state index in [4.69, 9.17) is 5.11 Å². The molecule has 88 valence electrons. The van der Waals surface area contributed by atoms with Crippen molar-refractivity contribution >= 4 is 17.3 Å². The minimum absolute atomic E-state index is 0.458. The van der Waals surface area contributed by atoms with Gasteiger partial charge in [0.25, 0.3) is 0 Å². The molecule has 1 N–H and O–H groups in total. The molecule has 0 radical (unpaired) electrons. The van der Waals surface area contributed by atoms with Crippen molar-refractivity contribution in [1.29, 1.82) is 0 Å². The summed E-state index contributed by atoms with van der Waals surface area (Å²) in [4.78, 5) is 14.9. The number of carboxylic acids is 1. The van der Waals surface area contributed by atoms with E-state index in [1.807, 2.05) is 13.0 Å². The zero-order valence-corrected chi connectivity index (χ0v) is 10.5. The van der Waals surface area contributed by atoms with Crippen LogP contribution in [0.2, 0.25) is 0 Å². The van der Waals surface area contributed by atoms with Crippen LogP contribution in [0.3, 0.4) is 0 Å². The Morgan fingerprint density at radius 1 is 1.69 bits per heavy atom. The average molecular weight is 239 g/mol. The molecule has 3 nitrogen and oxygen atoms in total. The SMILES string of the molecule is Cc1sc(C(=O)O)cc1CN1CCC(C)C1. The van der Waals surface area contributed by atoms with E-state index in [-0.39, 0.29) is 0 Å². The van der Waals surface area contributed by atoms with Gasteiger partial charge >= 0.3 is 5.97 Å². The Morgan fingerprint density at radius 3 is 2.94 bits per heavy atom. The fraction of sp³-hybridized carbons (Fsp3) is 0.583. The van der Waals surface area contributed by atoms with E-state index in [1.54, 1.807) is 0 Å². The number of rotatable bonds is 3. The molecule has 1 atom stereocenters. The monoisotopic (exact) mass is 239 g/mol. The summed E-state index contributed by atoms with van der Waals surface area (Å²) in [7, 11) is 0. The molecule has 2 rings (SSSR count). The van der Waals surface area contributed by atoms with Crippen molar-refractivity contribution < 1.29 is 9.90 Å². The van der Waals surface area contributed by atoms with Gasteiger partial charge in [-0.2, -0.15) is 0 Å². The number of aryl methyl sites for hydroxylation is 1. The number of thiophene rings is 1. The first-order chi connectivity index (χ1) is 7.56. The largest absolute Gasteiger partial charge is 0.477 e. The Labute approximate surface area is 99.7 Å². The summed E-state index contributed by atoms with van der Waals surface area (Å²) < 4.78 is 0. The Morgan fingerprint density at radius 2 is 2.44 bits per heavy atom. The first-order valence-corrected chi connectivity index (χ1v) is 6.43. The van der Waals surface area contributed by atoms with E-state index < -0.39 is 5.97 Å². The molecule has 0 bridgehead atoms. The maximum absolute atomic E-state index is 10.9. The first-order valence-electron chi connectivity index (χ1n) is 5.61. The third-order valence-corrected chi connectivity index (χ3v) is 4.21. The summed E-state index contributed by atoms with van der Waals surface area (Å²) in [6, 6.07) is 1.82. The highest BCUT2D eigenvalue weighted by Gasteiger charge is 2.20. The summed E-state index contributed by atoms with van der Waals surface area (Å²) in [5.41, 5.74) is 1.18. The molecular formula is C12H17NO2S. The molecule has 0 aliphatic carbocycles. The Hall–Kier alpha value is -0.870. The fourth-order valence-corrected chi connectivity index (χ4v) is 3.07. The lowest BCUT2D eigenvalue weighted by Crippen LogP contribution is -2.19. The number of carbonyl (C=O) groups is 1. The maximum Gasteiger partial charge on any atom is 0.345 e. The molecule has 0 aromatic carbocycles. The number of aromatic carboxylic acids is 1. The highest BCUT2D eigenvalue weighted by atomic mass is 32.1. The molecule has 1 aliphatic rings. The molecule has 4 heteroatoms. The van der Waals surface area contributed by atoms with Gasteiger partial charge in [-0.15, -0.1) is 11.3 Å². The molecule has 2 heterocycles. The van der Waals surface area contributed by atoms with Crippen molar-refractivity contribution in [3.05, 3.63) is 21.4 Å². The maximum atomic E-state index is 10.9. The summed E-state index contributed by atoms with van der Waals surface area (Å²) in [5.74, 6) is -0.0352. The minimum atomic E-state index is -0.811. The third-order valence-electron chi connectivity index (χ3n) is 3.13. The summed E-state index contributed by atoms with van der Waals surface area (Å²) >= 11 is 1.38. The van der Waals surface area contributed by atoms with Crippen molar-refractivity contribution in [3.8, 4) is 0 Å². The smallest absolute Gasteiger partial charge is 0.345 e. The zero-order chi connectivity index (χ0) is 11.7. The lowest BCUT2D eigenvalue weighted by atomic mass is 10.2. The number of nitrogens with zero attached hydrogens (tertiary/aromatic N) is 1. The van der Waals surface area contributed by atoms with Crippen molar-refractivity contribution in [2.45, 2.75) is 26.8 Å². The van der Waals surface area contributed by atoms with Crippen LogP contribution in [0, 0.1) is 12.8 Å². The van der Waals surface area contributed by atoms with Gasteiger partial charge in [-0.05, 0) is 37.4 Å².